The largest absolute Gasteiger partial charge is 0.744 e. The second-order valence-corrected chi connectivity index (χ2v) is 12.7. The van der Waals surface area contributed by atoms with Crippen LogP contribution in [0, 0.1) is 0 Å². The summed E-state index contributed by atoms with van der Waals surface area (Å²) in [5.41, 5.74) is 2.90. The van der Waals surface area contributed by atoms with Gasteiger partial charge in [-0.25, -0.2) is 13.2 Å². The molecule has 33 heavy (non-hydrogen) atoms. The first-order valence-electron chi connectivity index (χ1n) is 11.3. The minimum Gasteiger partial charge on any atom is -0.744 e. The van der Waals surface area contributed by atoms with E-state index >= 15 is 0 Å². The van der Waals surface area contributed by atoms with Gasteiger partial charge in [-0.2, -0.15) is 0 Å². The van der Waals surface area contributed by atoms with E-state index in [0.29, 0.717) is 16.7 Å². The van der Waals surface area contributed by atoms with E-state index in [9.17, 15) is 17.8 Å². The lowest BCUT2D eigenvalue weighted by Crippen LogP contribution is -2.19. The SMILES string of the molecule is CC(C)c1cc(OC(=O)c2cc(C(C)(C)C)cc(C(C)(C)C)c2)cc(C(C)C)c1S(=O)(=O)[O-]. The highest BCUT2D eigenvalue weighted by Crippen LogP contribution is 2.36. The van der Waals surface area contributed by atoms with Gasteiger partial charge in [-0.1, -0.05) is 75.3 Å². The van der Waals surface area contributed by atoms with Crippen LogP contribution in [-0.2, 0) is 20.9 Å². The zero-order chi connectivity index (χ0) is 25.5. The average molecular weight is 474 g/mol. The maximum atomic E-state index is 13.2. The average Bonchev–Trinajstić information content (AvgIpc) is 2.64. The Morgan fingerprint density at radius 3 is 1.48 bits per heavy atom. The van der Waals surface area contributed by atoms with Crippen molar-refractivity contribution in [2.45, 2.75) is 96.8 Å². The third-order valence-corrected chi connectivity index (χ3v) is 6.70. The predicted molar refractivity (Wildman–Crippen MR) is 131 cm³/mol. The topological polar surface area (TPSA) is 83.5 Å². The van der Waals surface area contributed by atoms with E-state index in [-0.39, 0.29) is 33.3 Å². The van der Waals surface area contributed by atoms with Gasteiger partial charge in [0.1, 0.15) is 15.9 Å². The summed E-state index contributed by atoms with van der Waals surface area (Å²) in [4.78, 5) is 13.0. The highest BCUT2D eigenvalue weighted by atomic mass is 32.2. The number of carbonyl (C=O) groups excluding carboxylic acids is 1. The molecule has 0 aliphatic carbocycles. The van der Waals surface area contributed by atoms with E-state index in [1.165, 1.54) is 12.1 Å². The van der Waals surface area contributed by atoms with Crippen LogP contribution in [0.15, 0.2) is 35.2 Å². The second kappa shape index (κ2) is 9.22. The Morgan fingerprint density at radius 1 is 0.788 bits per heavy atom. The first-order chi connectivity index (χ1) is 14.8. The van der Waals surface area contributed by atoms with Gasteiger partial charge in [0.05, 0.1) is 10.5 Å². The lowest BCUT2D eigenvalue weighted by molar-refractivity contribution is 0.0734. The Morgan fingerprint density at radius 2 is 1.18 bits per heavy atom. The number of hydrogen-bond acceptors (Lipinski definition) is 5. The van der Waals surface area contributed by atoms with E-state index in [4.69, 9.17) is 4.74 Å². The van der Waals surface area contributed by atoms with Crippen LogP contribution in [0.3, 0.4) is 0 Å². The summed E-state index contributed by atoms with van der Waals surface area (Å²) in [6.07, 6.45) is 0. The van der Waals surface area contributed by atoms with E-state index in [1.54, 1.807) is 0 Å². The lowest BCUT2D eigenvalue weighted by atomic mass is 9.79. The number of ether oxygens (including phenoxy) is 1. The molecule has 5 nitrogen and oxygen atoms in total. The van der Waals surface area contributed by atoms with Crippen LogP contribution >= 0.6 is 0 Å². The van der Waals surface area contributed by atoms with Crippen molar-refractivity contribution >= 4 is 16.1 Å². The summed E-state index contributed by atoms with van der Waals surface area (Å²) in [5.74, 6) is -0.764. The first kappa shape index (κ1) is 27.1. The van der Waals surface area contributed by atoms with Crippen LogP contribution in [0.1, 0.15) is 114 Å². The molecule has 0 spiro atoms. The number of rotatable bonds is 5. The number of esters is 1. The molecular weight excluding hydrogens is 436 g/mol. The molecule has 2 rings (SSSR count). The second-order valence-electron chi connectivity index (χ2n) is 11.4. The van der Waals surface area contributed by atoms with Crippen LogP contribution < -0.4 is 4.74 Å². The highest BCUT2D eigenvalue weighted by Gasteiger charge is 2.25. The molecule has 0 amide bonds. The van der Waals surface area contributed by atoms with E-state index < -0.39 is 16.1 Å². The monoisotopic (exact) mass is 473 g/mol. The number of carbonyl (C=O) groups is 1. The van der Waals surface area contributed by atoms with E-state index in [2.05, 4.69) is 47.6 Å². The summed E-state index contributed by atoms with van der Waals surface area (Å²) in [6, 6.07) is 8.81. The van der Waals surface area contributed by atoms with Gasteiger partial charge in [0.15, 0.2) is 0 Å². The molecule has 0 aliphatic rings. The summed E-state index contributed by atoms with van der Waals surface area (Å²) in [6.45, 7) is 19.8. The van der Waals surface area contributed by atoms with Crippen molar-refractivity contribution in [2.24, 2.45) is 0 Å². The van der Waals surface area contributed by atoms with Crippen molar-refractivity contribution in [3.05, 3.63) is 58.1 Å². The standard InChI is InChI=1S/C27H38O5S/c1-16(2)22-14-21(15-23(17(3)4)24(22)33(29,30)31)32-25(28)18-11-19(26(5,6)7)13-20(12-18)27(8,9)10/h11-17H,1-10H3,(H,29,30,31)/p-1. The normalized spacial score (nSPS) is 13.0. The Labute approximate surface area is 199 Å². The molecule has 0 heterocycles. The number of hydrogen-bond donors (Lipinski definition) is 0. The van der Waals surface area contributed by atoms with Crippen LogP contribution in [-0.4, -0.2) is 18.9 Å². The molecule has 6 heteroatoms. The first-order valence-corrected chi connectivity index (χ1v) is 12.7. The van der Waals surface area contributed by atoms with Crippen molar-refractivity contribution in [2.75, 3.05) is 0 Å². The highest BCUT2D eigenvalue weighted by molar-refractivity contribution is 7.85. The minimum absolute atomic E-state index is 0.157. The van der Waals surface area contributed by atoms with Gasteiger partial charge in [-0.05, 0) is 69.2 Å². The van der Waals surface area contributed by atoms with E-state index in [1.807, 2.05) is 39.8 Å². The quantitative estimate of drug-likeness (QED) is 0.276. The Kier molecular flexibility index (Phi) is 7.57. The smallest absolute Gasteiger partial charge is 0.343 e. The van der Waals surface area contributed by atoms with Crippen LogP contribution in [0.5, 0.6) is 5.75 Å². The molecule has 0 bridgehead atoms. The van der Waals surface area contributed by atoms with E-state index in [0.717, 1.165) is 11.1 Å². The van der Waals surface area contributed by atoms with Gasteiger partial charge >= 0.3 is 5.97 Å². The van der Waals surface area contributed by atoms with Gasteiger partial charge in [0.25, 0.3) is 0 Å². The fourth-order valence-corrected chi connectivity index (χ4v) is 4.80. The molecule has 0 saturated carbocycles. The fourth-order valence-electron chi connectivity index (χ4n) is 3.63. The number of benzene rings is 2. The van der Waals surface area contributed by atoms with Crippen molar-refractivity contribution in [3.63, 3.8) is 0 Å². The Hall–Kier alpha value is -2.18. The molecule has 0 fully saturated rings. The molecular formula is C27H37O5S-. The van der Waals surface area contributed by atoms with Gasteiger partial charge in [-0.15, -0.1) is 0 Å². The Bertz CT molecular complexity index is 1080. The molecule has 0 aliphatic heterocycles. The summed E-state index contributed by atoms with van der Waals surface area (Å²) in [5, 5.41) is 0. The van der Waals surface area contributed by atoms with Crippen LogP contribution in [0.25, 0.3) is 0 Å². The van der Waals surface area contributed by atoms with Crippen molar-refractivity contribution in [1.29, 1.82) is 0 Å². The van der Waals surface area contributed by atoms with Crippen molar-refractivity contribution < 1.29 is 22.5 Å². The fraction of sp³-hybridized carbons (Fsp3) is 0.519. The van der Waals surface area contributed by atoms with Gasteiger partial charge in [-0.3, -0.25) is 0 Å². The third kappa shape index (κ3) is 6.45. The van der Waals surface area contributed by atoms with Crippen molar-refractivity contribution in [3.8, 4) is 5.75 Å². The van der Waals surface area contributed by atoms with Gasteiger partial charge in [0.2, 0.25) is 0 Å². The summed E-state index contributed by atoms with van der Waals surface area (Å²) in [7, 11) is -4.69. The molecule has 2 aromatic carbocycles. The molecule has 2 aromatic rings. The molecule has 182 valence electrons. The summed E-state index contributed by atoms with van der Waals surface area (Å²) >= 11 is 0. The molecule has 0 aromatic heterocycles. The van der Waals surface area contributed by atoms with Gasteiger partial charge in [0, 0.05) is 0 Å². The van der Waals surface area contributed by atoms with Crippen LogP contribution in [0.4, 0.5) is 0 Å². The zero-order valence-corrected chi connectivity index (χ0v) is 22.3. The van der Waals surface area contributed by atoms with Crippen molar-refractivity contribution in [1.82, 2.24) is 0 Å². The lowest BCUT2D eigenvalue weighted by Gasteiger charge is -2.26. The maximum Gasteiger partial charge on any atom is 0.343 e. The Balaban J connectivity index is 2.64. The predicted octanol–water partition coefficient (Wildman–Crippen LogP) is 6.65. The van der Waals surface area contributed by atoms with Crippen LogP contribution in [0.2, 0.25) is 0 Å². The van der Waals surface area contributed by atoms with Gasteiger partial charge < -0.3 is 9.29 Å². The maximum absolute atomic E-state index is 13.2. The molecule has 0 unspecified atom stereocenters. The zero-order valence-electron chi connectivity index (χ0n) is 21.5. The molecule has 0 radical (unpaired) electrons. The minimum atomic E-state index is -4.69. The third-order valence-electron chi connectivity index (χ3n) is 5.73. The molecule has 0 saturated heterocycles. The summed E-state index contributed by atoms with van der Waals surface area (Å²) < 4.78 is 41.9. The molecule has 0 N–H and O–H groups in total. The molecule has 0 atom stereocenters.